The summed E-state index contributed by atoms with van der Waals surface area (Å²) in [5.74, 6) is -0.260. The van der Waals surface area contributed by atoms with Gasteiger partial charge in [-0.15, -0.1) is 0 Å². The largest absolute Gasteiger partial charge is 0.313 e. The SMILES string of the molecule is CN[C@H](C)c1ccc(Cl)cc1F. The van der Waals surface area contributed by atoms with Crippen LogP contribution in [-0.4, -0.2) is 7.05 Å². The van der Waals surface area contributed by atoms with Crippen LogP contribution in [-0.2, 0) is 0 Å². The summed E-state index contributed by atoms with van der Waals surface area (Å²) in [6, 6.07) is 4.72. The maximum Gasteiger partial charge on any atom is 0.129 e. The third-order valence-corrected chi connectivity index (χ3v) is 2.10. The molecule has 0 radical (unpaired) electrons. The fourth-order valence-electron chi connectivity index (χ4n) is 1.01. The minimum atomic E-state index is -0.260. The number of hydrogen-bond donors (Lipinski definition) is 1. The molecule has 1 aromatic carbocycles. The molecule has 0 fully saturated rings. The van der Waals surface area contributed by atoms with E-state index < -0.39 is 0 Å². The topological polar surface area (TPSA) is 12.0 Å². The molecule has 0 aliphatic carbocycles. The van der Waals surface area contributed by atoms with Crippen molar-refractivity contribution in [3.63, 3.8) is 0 Å². The van der Waals surface area contributed by atoms with E-state index in [1.807, 2.05) is 6.92 Å². The Bertz CT molecular complexity index is 275. The van der Waals surface area contributed by atoms with Crippen molar-refractivity contribution in [3.05, 3.63) is 34.6 Å². The van der Waals surface area contributed by atoms with E-state index in [4.69, 9.17) is 11.6 Å². The third-order valence-electron chi connectivity index (χ3n) is 1.86. The van der Waals surface area contributed by atoms with Gasteiger partial charge in [-0.2, -0.15) is 0 Å². The summed E-state index contributed by atoms with van der Waals surface area (Å²) in [4.78, 5) is 0. The van der Waals surface area contributed by atoms with Gasteiger partial charge in [-0.3, -0.25) is 0 Å². The van der Waals surface area contributed by atoms with Crippen LogP contribution in [0.2, 0.25) is 5.02 Å². The van der Waals surface area contributed by atoms with Crippen molar-refractivity contribution in [2.75, 3.05) is 7.05 Å². The molecule has 1 rings (SSSR count). The van der Waals surface area contributed by atoms with Gasteiger partial charge in [-0.1, -0.05) is 17.7 Å². The number of hydrogen-bond acceptors (Lipinski definition) is 1. The quantitative estimate of drug-likeness (QED) is 0.751. The molecule has 0 bridgehead atoms. The Morgan fingerprint density at radius 3 is 2.67 bits per heavy atom. The maximum absolute atomic E-state index is 13.2. The van der Waals surface area contributed by atoms with Crippen molar-refractivity contribution >= 4 is 11.6 Å². The lowest BCUT2D eigenvalue weighted by Gasteiger charge is -2.11. The van der Waals surface area contributed by atoms with Crippen LogP contribution in [0, 0.1) is 5.82 Å². The average Bonchev–Trinajstić information content (AvgIpc) is 2.03. The summed E-state index contributed by atoms with van der Waals surface area (Å²) in [5, 5.41) is 3.39. The summed E-state index contributed by atoms with van der Waals surface area (Å²) in [6.07, 6.45) is 0. The van der Waals surface area contributed by atoms with Crippen LogP contribution in [0.4, 0.5) is 4.39 Å². The van der Waals surface area contributed by atoms with Crippen LogP contribution in [0.5, 0.6) is 0 Å². The fraction of sp³-hybridized carbons (Fsp3) is 0.333. The standard InChI is InChI=1S/C9H11ClFN/c1-6(12-2)8-4-3-7(10)5-9(8)11/h3-6,12H,1-2H3/t6-/m1/s1. The van der Waals surface area contributed by atoms with E-state index in [2.05, 4.69) is 5.32 Å². The first kappa shape index (κ1) is 9.49. The second kappa shape index (κ2) is 3.87. The van der Waals surface area contributed by atoms with Crippen LogP contribution >= 0.6 is 11.6 Å². The summed E-state index contributed by atoms with van der Waals surface area (Å²) in [5.41, 5.74) is 0.641. The van der Waals surface area contributed by atoms with Gasteiger partial charge >= 0.3 is 0 Å². The molecule has 0 spiro atoms. The lowest BCUT2D eigenvalue weighted by Crippen LogP contribution is -2.13. The minimum absolute atomic E-state index is 0.0160. The van der Waals surface area contributed by atoms with E-state index in [9.17, 15) is 4.39 Å². The number of benzene rings is 1. The number of rotatable bonds is 2. The zero-order valence-corrected chi connectivity index (χ0v) is 7.82. The molecule has 3 heteroatoms. The van der Waals surface area contributed by atoms with Crippen LogP contribution in [0.3, 0.4) is 0 Å². The van der Waals surface area contributed by atoms with Crippen molar-refractivity contribution in [2.24, 2.45) is 0 Å². The summed E-state index contributed by atoms with van der Waals surface area (Å²) < 4.78 is 13.2. The predicted molar refractivity (Wildman–Crippen MR) is 48.9 cm³/mol. The molecule has 1 N–H and O–H groups in total. The van der Waals surface area contributed by atoms with Crippen molar-refractivity contribution < 1.29 is 4.39 Å². The first-order chi connectivity index (χ1) is 5.65. The Kier molecular flexibility index (Phi) is 3.06. The molecule has 0 aromatic heterocycles. The molecule has 0 saturated carbocycles. The van der Waals surface area contributed by atoms with Gasteiger partial charge in [0, 0.05) is 16.6 Å². The fourth-order valence-corrected chi connectivity index (χ4v) is 1.17. The average molecular weight is 188 g/mol. The number of nitrogens with one attached hydrogen (secondary N) is 1. The van der Waals surface area contributed by atoms with Gasteiger partial charge in [0.15, 0.2) is 0 Å². The van der Waals surface area contributed by atoms with Gasteiger partial charge in [0.05, 0.1) is 0 Å². The van der Waals surface area contributed by atoms with Gasteiger partial charge in [0.2, 0.25) is 0 Å². The molecule has 0 heterocycles. The van der Waals surface area contributed by atoms with E-state index in [-0.39, 0.29) is 11.9 Å². The lowest BCUT2D eigenvalue weighted by molar-refractivity contribution is 0.562. The van der Waals surface area contributed by atoms with E-state index in [0.29, 0.717) is 10.6 Å². The van der Waals surface area contributed by atoms with E-state index in [1.54, 1.807) is 19.2 Å². The molecular formula is C9H11ClFN. The maximum atomic E-state index is 13.2. The second-order valence-corrected chi connectivity index (χ2v) is 3.11. The van der Waals surface area contributed by atoms with Gasteiger partial charge in [0.25, 0.3) is 0 Å². The van der Waals surface area contributed by atoms with Crippen LogP contribution in [0.1, 0.15) is 18.5 Å². The highest BCUT2D eigenvalue weighted by Gasteiger charge is 2.08. The highest BCUT2D eigenvalue weighted by Crippen LogP contribution is 2.19. The van der Waals surface area contributed by atoms with E-state index >= 15 is 0 Å². The summed E-state index contributed by atoms with van der Waals surface area (Å²) in [7, 11) is 1.79. The molecule has 12 heavy (non-hydrogen) atoms. The zero-order chi connectivity index (χ0) is 9.14. The van der Waals surface area contributed by atoms with Gasteiger partial charge in [-0.25, -0.2) is 4.39 Å². The van der Waals surface area contributed by atoms with Crippen LogP contribution in [0.25, 0.3) is 0 Å². The predicted octanol–water partition coefficient (Wildman–Crippen LogP) is 2.76. The van der Waals surface area contributed by atoms with Crippen molar-refractivity contribution in [1.29, 1.82) is 0 Å². The molecule has 0 aliphatic heterocycles. The molecule has 0 aliphatic rings. The third kappa shape index (κ3) is 1.96. The minimum Gasteiger partial charge on any atom is -0.313 e. The Labute approximate surface area is 76.5 Å². The lowest BCUT2D eigenvalue weighted by atomic mass is 10.1. The first-order valence-electron chi connectivity index (χ1n) is 3.77. The van der Waals surface area contributed by atoms with Gasteiger partial charge in [-0.05, 0) is 26.1 Å². The smallest absolute Gasteiger partial charge is 0.129 e. The summed E-state index contributed by atoms with van der Waals surface area (Å²) >= 11 is 5.60. The second-order valence-electron chi connectivity index (χ2n) is 2.68. The Morgan fingerprint density at radius 2 is 2.17 bits per heavy atom. The summed E-state index contributed by atoms with van der Waals surface area (Å²) in [6.45, 7) is 1.90. The molecule has 0 unspecified atom stereocenters. The Hall–Kier alpha value is -0.600. The van der Waals surface area contributed by atoms with Crippen molar-refractivity contribution in [2.45, 2.75) is 13.0 Å². The molecule has 1 nitrogen and oxygen atoms in total. The van der Waals surface area contributed by atoms with Crippen molar-refractivity contribution in [3.8, 4) is 0 Å². The highest BCUT2D eigenvalue weighted by molar-refractivity contribution is 6.30. The molecule has 0 amide bonds. The number of halogens is 2. The van der Waals surface area contributed by atoms with Crippen LogP contribution in [0.15, 0.2) is 18.2 Å². The monoisotopic (exact) mass is 187 g/mol. The first-order valence-corrected chi connectivity index (χ1v) is 4.15. The van der Waals surface area contributed by atoms with Crippen molar-refractivity contribution in [1.82, 2.24) is 5.32 Å². The van der Waals surface area contributed by atoms with E-state index in [0.717, 1.165) is 0 Å². The van der Waals surface area contributed by atoms with Gasteiger partial charge in [0.1, 0.15) is 5.82 Å². The highest BCUT2D eigenvalue weighted by atomic mass is 35.5. The van der Waals surface area contributed by atoms with Gasteiger partial charge < -0.3 is 5.32 Å². The molecule has 1 aromatic rings. The molecular weight excluding hydrogens is 177 g/mol. The molecule has 66 valence electrons. The Morgan fingerprint density at radius 1 is 1.50 bits per heavy atom. The Balaban J connectivity index is 3.01. The van der Waals surface area contributed by atoms with Crippen LogP contribution < -0.4 is 5.32 Å². The molecule has 1 atom stereocenters. The molecule has 0 saturated heterocycles. The van der Waals surface area contributed by atoms with E-state index in [1.165, 1.54) is 6.07 Å². The zero-order valence-electron chi connectivity index (χ0n) is 7.07. The normalized spacial score (nSPS) is 13.0.